The normalized spacial score (nSPS) is 22.1. The van der Waals surface area contributed by atoms with Crippen LogP contribution in [0.4, 0.5) is 0 Å². The lowest BCUT2D eigenvalue weighted by Crippen LogP contribution is -2.33. The van der Waals surface area contributed by atoms with Crippen molar-refractivity contribution in [3.8, 4) is 0 Å². The third-order valence-corrected chi connectivity index (χ3v) is 4.39. The van der Waals surface area contributed by atoms with E-state index in [9.17, 15) is 14.4 Å². The Morgan fingerprint density at radius 2 is 1.58 bits per heavy atom. The van der Waals surface area contributed by atoms with Crippen molar-refractivity contribution in [3.63, 3.8) is 0 Å². The molecule has 26 heavy (non-hydrogen) atoms. The highest BCUT2D eigenvalue weighted by molar-refractivity contribution is 6.13. The molecule has 1 aliphatic rings. The monoisotopic (exact) mass is 355 g/mol. The van der Waals surface area contributed by atoms with Gasteiger partial charge in [-0.25, -0.2) is 5.48 Å². The lowest BCUT2D eigenvalue weighted by molar-refractivity contribution is -0.132. The molecule has 0 aliphatic heterocycles. The van der Waals surface area contributed by atoms with E-state index in [1.54, 1.807) is 55.5 Å². The predicted octanol–water partition coefficient (Wildman–Crippen LogP) is 3.52. The molecule has 0 atom stereocenters. The zero-order chi connectivity index (χ0) is 19.5. The molecule has 2 rings (SSSR count). The first-order valence-electron chi connectivity index (χ1n) is 8.50. The van der Waals surface area contributed by atoms with E-state index in [4.69, 9.17) is 0 Å². The van der Waals surface area contributed by atoms with Crippen molar-refractivity contribution in [1.29, 1.82) is 0 Å². The number of hydrogen-bond donors (Lipinski definition) is 1. The largest absolute Gasteiger partial charge is 0.294 e. The summed E-state index contributed by atoms with van der Waals surface area (Å²) in [7, 11) is 1.37. The van der Waals surface area contributed by atoms with E-state index in [1.807, 2.05) is 20.8 Å². The maximum absolute atomic E-state index is 13.2. The summed E-state index contributed by atoms with van der Waals surface area (Å²) >= 11 is 0. The highest BCUT2D eigenvalue weighted by Crippen LogP contribution is 2.33. The third-order valence-electron chi connectivity index (χ3n) is 4.39. The van der Waals surface area contributed by atoms with Crippen LogP contribution < -0.4 is 5.48 Å². The first-order chi connectivity index (χ1) is 12.1. The molecular weight excluding hydrogens is 330 g/mol. The highest BCUT2D eigenvalue weighted by atomic mass is 16.6. The standard InChI is InChI=1S/C21H25NO4/c1-20(2,3)17(23)15-8-6-7-9-16(15)18(24)21(4)12-10-14(11-13-21)19(25)22-26-5/h6-14H,1-5H3,(H,22,25). The van der Waals surface area contributed by atoms with Crippen molar-refractivity contribution in [3.05, 3.63) is 59.7 Å². The molecule has 5 heteroatoms. The summed E-state index contributed by atoms with van der Waals surface area (Å²) in [5, 5.41) is 0. The van der Waals surface area contributed by atoms with Crippen LogP contribution in [-0.4, -0.2) is 24.6 Å². The van der Waals surface area contributed by atoms with Gasteiger partial charge >= 0.3 is 0 Å². The highest BCUT2D eigenvalue weighted by Gasteiger charge is 2.35. The number of carbonyl (C=O) groups is 3. The van der Waals surface area contributed by atoms with Crippen LogP contribution >= 0.6 is 0 Å². The van der Waals surface area contributed by atoms with E-state index in [-0.39, 0.29) is 17.5 Å². The smallest absolute Gasteiger partial charge is 0.254 e. The van der Waals surface area contributed by atoms with E-state index in [2.05, 4.69) is 10.3 Å². The molecule has 1 aromatic carbocycles. The Hall–Kier alpha value is -2.53. The SMILES string of the molecule is CONC(=O)C1C=CC(C)(C(=O)c2ccccc2C(=O)C(C)(C)C)C=C1. The van der Waals surface area contributed by atoms with Crippen LogP contribution in [0, 0.1) is 16.7 Å². The second-order valence-electron chi connectivity index (χ2n) is 7.65. The third kappa shape index (κ3) is 3.99. The topological polar surface area (TPSA) is 72.5 Å². The summed E-state index contributed by atoms with van der Waals surface area (Å²) in [5.41, 5.74) is 1.59. The molecule has 138 valence electrons. The minimum absolute atomic E-state index is 0.0776. The Kier molecular flexibility index (Phi) is 5.62. The lowest BCUT2D eigenvalue weighted by Gasteiger charge is -2.27. The van der Waals surface area contributed by atoms with Gasteiger partial charge < -0.3 is 0 Å². The van der Waals surface area contributed by atoms with Gasteiger partial charge in [-0.15, -0.1) is 0 Å². The summed E-state index contributed by atoms with van der Waals surface area (Å²) in [6, 6.07) is 6.88. The molecule has 0 radical (unpaired) electrons. The van der Waals surface area contributed by atoms with E-state index < -0.39 is 16.7 Å². The molecule has 1 N–H and O–H groups in total. The van der Waals surface area contributed by atoms with Gasteiger partial charge in [0.15, 0.2) is 11.6 Å². The molecule has 1 aromatic rings. The van der Waals surface area contributed by atoms with Gasteiger partial charge in [0.25, 0.3) is 5.91 Å². The fourth-order valence-corrected chi connectivity index (χ4v) is 2.79. The van der Waals surface area contributed by atoms with Crippen molar-refractivity contribution >= 4 is 17.5 Å². The van der Waals surface area contributed by atoms with Gasteiger partial charge in [0.05, 0.1) is 18.4 Å². The van der Waals surface area contributed by atoms with Crippen LogP contribution in [-0.2, 0) is 9.63 Å². The number of rotatable bonds is 5. The number of amides is 1. The number of carbonyl (C=O) groups excluding carboxylic acids is 3. The Balaban J connectivity index is 2.34. The molecule has 1 aliphatic carbocycles. The number of hydroxylamine groups is 1. The summed E-state index contributed by atoms with van der Waals surface area (Å²) in [6.07, 6.45) is 6.74. The van der Waals surface area contributed by atoms with E-state index >= 15 is 0 Å². The zero-order valence-electron chi connectivity index (χ0n) is 15.8. The minimum Gasteiger partial charge on any atom is -0.294 e. The number of allylic oxidation sites excluding steroid dienone is 2. The van der Waals surface area contributed by atoms with Gasteiger partial charge in [0.2, 0.25) is 0 Å². The van der Waals surface area contributed by atoms with Crippen molar-refractivity contribution in [1.82, 2.24) is 5.48 Å². The molecule has 0 unspecified atom stereocenters. The van der Waals surface area contributed by atoms with E-state index in [1.165, 1.54) is 7.11 Å². The summed E-state index contributed by atoms with van der Waals surface area (Å²) in [4.78, 5) is 42.4. The van der Waals surface area contributed by atoms with Crippen LogP contribution in [0.15, 0.2) is 48.6 Å². The van der Waals surface area contributed by atoms with Gasteiger partial charge in [-0.1, -0.05) is 69.3 Å². The molecule has 0 bridgehead atoms. The number of hydrogen-bond acceptors (Lipinski definition) is 4. The summed E-state index contributed by atoms with van der Waals surface area (Å²) in [6.45, 7) is 7.26. The van der Waals surface area contributed by atoms with Crippen LogP contribution in [0.3, 0.4) is 0 Å². The Bertz CT molecular complexity index is 769. The molecule has 0 saturated carbocycles. The number of nitrogens with one attached hydrogen (secondary N) is 1. The summed E-state index contributed by atoms with van der Waals surface area (Å²) < 4.78 is 0. The van der Waals surface area contributed by atoms with Gasteiger partial charge in [-0.05, 0) is 6.92 Å². The Morgan fingerprint density at radius 1 is 1.04 bits per heavy atom. The van der Waals surface area contributed by atoms with Crippen LogP contribution in [0.25, 0.3) is 0 Å². The second kappa shape index (κ2) is 7.38. The molecule has 0 aromatic heterocycles. The Morgan fingerprint density at radius 3 is 2.08 bits per heavy atom. The number of ketones is 2. The maximum Gasteiger partial charge on any atom is 0.254 e. The Labute approximate surface area is 154 Å². The van der Waals surface area contributed by atoms with Gasteiger partial charge in [-0.2, -0.15) is 0 Å². The molecule has 0 heterocycles. The van der Waals surface area contributed by atoms with Gasteiger partial charge in [-0.3, -0.25) is 19.2 Å². The van der Waals surface area contributed by atoms with Crippen molar-refractivity contribution in [2.24, 2.45) is 16.7 Å². The molecule has 0 spiro atoms. The zero-order valence-corrected chi connectivity index (χ0v) is 15.8. The maximum atomic E-state index is 13.2. The van der Waals surface area contributed by atoms with E-state index in [0.29, 0.717) is 11.1 Å². The fourth-order valence-electron chi connectivity index (χ4n) is 2.79. The van der Waals surface area contributed by atoms with Gasteiger partial charge in [0.1, 0.15) is 0 Å². The fraction of sp³-hybridized carbons (Fsp3) is 0.381. The molecule has 5 nitrogen and oxygen atoms in total. The molecule has 0 saturated heterocycles. The second-order valence-corrected chi connectivity index (χ2v) is 7.65. The van der Waals surface area contributed by atoms with Crippen LogP contribution in [0.1, 0.15) is 48.4 Å². The van der Waals surface area contributed by atoms with E-state index in [0.717, 1.165) is 0 Å². The molecule has 1 amide bonds. The van der Waals surface area contributed by atoms with Gasteiger partial charge in [0, 0.05) is 16.5 Å². The first-order valence-corrected chi connectivity index (χ1v) is 8.50. The lowest BCUT2D eigenvalue weighted by atomic mass is 9.75. The molecular formula is C21H25NO4. The number of Topliss-reactive ketones (excluding diaryl/α,β-unsaturated/α-hetero) is 2. The molecule has 0 fully saturated rings. The summed E-state index contributed by atoms with van der Waals surface area (Å²) in [5.74, 6) is -1.06. The van der Waals surface area contributed by atoms with Crippen LogP contribution in [0.5, 0.6) is 0 Å². The van der Waals surface area contributed by atoms with Crippen molar-refractivity contribution in [2.75, 3.05) is 7.11 Å². The quantitative estimate of drug-likeness (QED) is 0.498. The minimum atomic E-state index is -0.919. The van der Waals surface area contributed by atoms with Crippen LogP contribution in [0.2, 0.25) is 0 Å². The first kappa shape index (κ1) is 19.8. The van der Waals surface area contributed by atoms with Crippen molar-refractivity contribution < 1.29 is 19.2 Å². The predicted molar refractivity (Wildman–Crippen MR) is 99.6 cm³/mol. The van der Waals surface area contributed by atoms with Crippen molar-refractivity contribution in [2.45, 2.75) is 27.7 Å². The average molecular weight is 355 g/mol. The number of benzene rings is 1. The average Bonchev–Trinajstić information content (AvgIpc) is 2.60.